The van der Waals surface area contributed by atoms with Crippen LogP contribution in [0.5, 0.6) is 0 Å². The summed E-state index contributed by atoms with van der Waals surface area (Å²) in [4.78, 5) is 23.7. The van der Waals surface area contributed by atoms with E-state index in [0.717, 1.165) is 18.4 Å². The molecule has 1 saturated carbocycles. The van der Waals surface area contributed by atoms with Crippen LogP contribution in [0.15, 0.2) is 30.3 Å². The molecular weight excluding hydrogens is 461 g/mol. The van der Waals surface area contributed by atoms with Gasteiger partial charge < -0.3 is 15.7 Å². The van der Waals surface area contributed by atoms with Gasteiger partial charge in [-0.3, -0.25) is 4.79 Å². The summed E-state index contributed by atoms with van der Waals surface area (Å²) < 4.78 is 56.3. The van der Waals surface area contributed by atoms with Crippen LogP contribution < -0.4 is 5.73 Å². The molecule has 7 nitrogen and oxygen atoms in total. The lowest BCUT2D eigenvalue weighted by Crippen LogP contribution is -2.50. The number of amides is 1. The Morgan fingerprint density at radius 2 is 1.73 bits per heavy atom. The number of carbonyl (C=O) groups excluding carboxylic acids is 1. The van der Waals surface area contributed by atoms with E-state index in [9.17, 15) is 26.4 Å². The number of likely N-dealkylation sites (tertiary alicyclic amines) is 1. The highest BCUT2D eigenvalue weighted by Gasteiger charge is 2.45. The maximum atomic E-state index is 13.0. The van der Waals surface area contributed by atoms with Gasteiger partial charge in [0.2, 0.25) is 5.91 Å². The molecule has 1 aromatic carbocycles. The molecule has 3 rings (SSSR count). The quantitative estimate of drug-likeness (QED) is 0.653. The third-order valence-electron chi connectivity index (χ3n) is 6.75. The number of nitrogens with zero attached hydrogens (tertiary/aromatic N) is 1. The number of rotatable bonds is 5. The Morgan fingerprint density at radius 3 is 2.18 bits per heavy atom. The summed E-state index contributed by atoms with van der Waals surface area (Å²) in [5, 5.41) is 6.13. The van der Waals surface area contributed by atoms with Gasteiger partial charge >= 0.3 is 12.1 Å². The van der Waals surface area contributed by atoms with Crippen molar-refractivity contribution < 1.29 is 36.3 Å². The first-order valence-electron chi connectivity index (χ1n) is 10.8. The van der Waals surface area contributed by atoms with Crippen molar-refractivity contribution in [1.29, 1.82) is 0 Å². The Balaban J connectivity index is 0.000000479. The predicted octanol–water partition coefficient (Wildman–Crippen LogP) is 2.64. The van der Waals surface area contributed by atoms with E-state index in [0.29, 0.717) is 25.6 Å². The van der Waals surface area contributed by atoms with Gasteiger partial charge in [-0.15, -0.1) is 0 Å². The Hall–Kier alpha value is -2.14. The monoisotopic (exact) mass is 492 g/mol. The molecule has 3 N–H and O–H groups in total. The minimum Gasteiger partial charge on any atom is -0.475 e. The smallest absolute Gasteiger partial charge is 0.475 e. The van der Waals surface area contributed by atoms with Crippen molar-refractivity contribution in [2.75, 3.05) is 25.9 Å². The van der Waals surface area contributed by atoms with Gasteiger partial charge in [0, 0.05) is 19.3 Å². The molecule has 1 spiro atoms. The molecule has 0 aromatic heterocycles. The van der Waals surface area contributed by atoms with Crippen molar-refractivity contribution in [3.05, 3.63) is 35.9 Å². The van der Waals surface area contributed by atoms with E-state index in [1.54, 1.807) is 4.90 Å². The Kier molecular flexibility index (Phi) is 8.92. The van der Waals surface area contributed by atoms with Gasteiger partial charge in [-0.05, 0) is 55.5 Å². The zero-order chi connectivity index (χ0) is 24.9. The number of piperidine rings is 1. The molecule has 1 heterocycles. The number of carboxylic acids is 1. The lowest BCUT2D eigenvalue weighted by atomic mass is 9.70. The maximum Gasteiger partial charge on any atom is 0.490 e. The average Bonchev–Trinajstić information content (AvgIpc) is 3.13. The number of aliphatic carboxylic acids is 1. The van der Waals surface area contributed by atoms with E-state index >= 15 is 0 Å². The van der Waals surface area contributed by atoms with Crippen molar-refractivity contribution in [3.8, 4) is 0 Å². The first-order valence-corrected chi connectivity index (χ1v) is 12.8. The third kappa shape index (κ3) is 7.17. The number of carboxylic acid groups (broad SMARTS) is 1. The molecule has 1 aliphatic heterocycles. The third-order valence-corrected chi connectivity index (χ3v) is 8.15. The van der Waals surface area contributed by atoms with Gasteiger partial charge in [-0.1, -0.05) is 36.8 Å². The molecule has 0 bridgehead atoms. The van der Waals surface area contributed by atoms with Crippen molar-refractivity contribution in [3.63, 3.8) is 0 Å². The maximum absolute atomic E-state index is 13.0. The molecule has 33 heavy (non-hydrogen) atoms. The van der Waals surface area contributed by atoms with Crippen LogP contribution >= 0.6 is 0 Å². The molecule has 2 unspecified atom stereocenters. The summed E-state index contributed by atoms with van der Waals surface area (Å²) in [5.74, 6) is -2.45. The van der Waals surface area contributed by atoms with Crippen molar-refractivity contribution in [2.45, 2.75) is 50.0 Å². The summed E-state index contributed by atoms with van der Waals surface area (Å²) in [6.07, 6.45) is 1.82. The molecule has 1 aromatic rings. The molecule has 2 fully saturated rings. The number of hydrogen-bond donors (Lipinski definition) is 2. The van der Waals surface area contributed by atoms with E-state index in [-0.39, 0.29) is 17.7 Å². The van der Waals surface area contributed by atoms with Crippen LogP contribution in [0.3, 0.4) is 0 Å². The summed E-state index contributed by atoms with van der Waals surface area (Å²) in [6.45, 7) is 2.01. The lowest BCUT2D eigenvalue weighted by molar-refractivity contribution is -0.192. The molecule has 1 saturated heterocycles. The SMILES string of the molecule is CS(=O)(=O)C(Cc1ccccc1)C(=O)N1CCC2(CCCC2CN)CC1.O=C(O)C(F)(F)F. The Bertz CT molecular complexity index is 914. The van der Waals surface area contributed by atoms with Gasteiger partial charge in [0.15, 0.2) is 9.84 Å². The molecule has 11 heteroatoms. The topological polar surface area (TPSA) is 118 Å². The highest BCUT2D eigenvalue weighted by Crippen LogP contribution is 2.50. The van der Waals surface area contributed by atoms with Crippen LogP contribution in [0.4, 0.5) is 13.2 Å². The molecule has 0 radical (unpaired) electrons. The van der Waals surface area contributed by atoms with Crippen molar-refractivity contribution in [1.82, 2.24) is 4.90 Å². The van der Waals surface area contributed by atoms with E-state index in [4.69, 9.17) is 15.6 Å². The van der Waals surface area contributed by atoms with E-state index < -0.39 is 27.2 Å². The highest BCUT2D eigenvalue weighted by molar-refractivity contribution is 7.92. The molecule has 1 aliphatic carbocycles. The van der Waals surface area contributed by atoms with Crippen LogP contribution in [0.2, 0.25) is 0 Å². The van der Waals surface area contributed by atoms with Gasteiger partial charge in [0.1, 0.15) is 5.25 Å². The predicted molar refractivity (Wildman–Crippen MR) is 117 cm³/mol. The highest BCUT2D eigenvalue weighted by atomic mass is 32.2. The van der Waals surface area contributed by atoms with Crippen molar-refractivity contribution >= 4 is 21.7 Å². The van der Waals surface area contributed by atoms with Crippen LogP contribution in [-0.4, -0.2) is 67.6 Å². The number of hydrogen-bond acceptors (Lipinski definition) is 5. The van der Waals surface area contributed by atoms with Crippen LogP contribution in [0.25, 0.3) is 0 Å². The van der Waals surface area contributed by atoms with Gasteiger partial charge in [0.05, 0.1) is 0 Å². The van der Waals surface area contributed by atoms with Crippen LogP contribution in [-0.2, 0) is 25.8 Å². The fourth-order valence-corrected chi connectivity index (χ4v) is 5.87. The average molecular weight is 493 g/mol. The van der Waals surface area contributed by atoms with Crippen molar-refractivity contribution in [2.24, 2.45) is 17.1 Å². The zero-order valence-corrected chi connectivity index (χ0v) is 19.4. The normalized spacial score (nSPS) is 21.2. The molecule has 1 amide bonds. The van der Waals surface area contributed by atoms with Crippen LogP contribution in [0.1, 0.15) is 37.7 Å². The number of halogens is 3. The first-order chi connectivity index (χ1) is 15.3. The van der Waals surface area contributed by atoms with E-state index in [1.165, 1.54) is 25.5 Å². The number of nitrogens with two attached hydrogens (primary N) is 1. The largest absolute Gasteiger partial charge is 0.490 e. The summed E-state index contributed by atoms with van der Waals surface area (Å²) in [7, 11) is -3.47. The summed E-state index contributed by atoms with van der Waals surface area (Å²) >= 11 is 0. The zero-order valence-electron chi connectivity index (χ0n) is 18.6. The lowest BCUT2D eigenvalue weighted by Gasteiger charge is -2.43. The minimum absolute atomic E-state index is 0.242. The summed E-state index contributed by atoms with van der Waals surface area (Å²) in [6, 6.07) is 9.39. The molecule has 186 valence electrons. The number of sulfone groups is 1. The number of carbonyl (C=O) groups is 2. The van der Waals surface area contributed by atoms with Crippen LogP contribution in [0, 0.1) is 11.3 Å². The Morgan fingerprint density at radius 1 is 1.18 bits per heavy atom. The second-order valence-electron chi connectivity index (χ2n) is 8.82. The fraction of sp³-hybridized carbons (Fsp3) is 0.636. The standard InChI is InChI=1S/C20H30N2O3S.C2HF3O2/c1-26(24,25)18(14-16-6-3-2-4-7-16)19(23)22-12-10-20(11-13-22)9-5-8-17(20)15-21;3-2(4,5)1(6)7/h2-4,6-7,17-18H,5,8-15,21H2,1H3;(H,6,7). The van der Waals surface area contributed by atoms with E-state index in [2.05, 4.69) is 0 Å². The fourth-order valence-electron chi connectivity index (χ4n) is 4.86. The van der Waals surface area contributed by atoms with Gasteiger partial charge in [0.25, 0.3) is 0 Å². The number of benzene rings is 1. The molecule has 2 aliphatic rings. The second kappa shape index (κ2) is 10.9. The molecule has 2 atom stereocenters. The number of alkyl halides is 3. The Labute approximate surface area is 192 Å². The van der Waals surface area contributed by atoms with Gasteiger partial charge in [-0.25, -0.2) is 13.2 Å². The second-order valence-corrected chi connectivity index (χ2v) is 11.1. The molecular formula is C22H31F3N2O5S. The minimum atomic E-state index is -5.08. The summed E-state index contributed by atoms with van der Waals surface area (Å²) in [5.41, 5.74) is 7.11. The van der Waals surface area contributed by atoms with E-state index in [1.807, 2.05) is 30.3 Å². The van der Waals surface area contributed by atoms with Gasteiger partial charge in [-0.2, -0.15) is 13.2 Å². The first kappa shape index (κ1) is 27.1.